The number of fused-ring (bicyclic) bond motifs is 1. The average molecular weight is 183 g/mol. The van der Waals surface area contributed by atoms with Gasteiger partial charge in [0.25, 0.3) is 0 Å². The SMILES string of the molecule is O=S(=O)=C1CN2C=CN=CC2=N1. The molecule has 0 radical (unpaired) electrons. The molecule has 0 amide bonds. The maximum atomic E-state index is 10.5. The van der Waals surface area contributed by atoms with Gasteiger partial charge in [0.15, 0.2) is 10.8 Å². The average Bonchev–Trinajstić information content (AvgIpc) is 2.46. The van der Waals surface area contributed by atoms with E-state index in [4.69, 9.17) is 0 Å². The Hall–Kier alpha value is -1.43. The van der Waals surface area contributed by atoms with Crippen LogP contribution in [0.1, 0.15) is 0 Å². The van der Waals surface area contributed by atoms with Crippen molar-refractivity contribution in [1.29, 1.82) is 0 Å². The minimum absolute atomic E-state index is 0.156. The lowest BCUT2D eigenvalue weighted by atomic mass is 10.5. The summed E-state index contributed by atoms with van der Waals surface area (Å²) in [4.78, 5) is 9.55. The van der Waals surface area contributed by atoms with Crippen molar-refractivity contribution in [3.05, 3.63) is 12.4 Å². The summed E-state index contributed by atoms with van der Waals surface area (Å²) in [6.45, 7) is 0.313. The van der Waals surface area contributed by atoms with E-state index in [0.29, 0.717) is 12.4 Å². The van der Waals surface area contributed by atoms with E-state index in [-0.39, 0.29) is 4.99 Å². The molecule has 0 saturated carbocycles. The first-order valence-electron chi connectivity index (χ1n) is 3.27. The van der Waals surface area contributed by atoms with Crippen molar-refractivity contribution in [2.75, 3.05) is 6.54 Å². The molecule has 2 aliphatic rings. The second-order valence-electron chi connectivity index (χ2n) is 2.30. The zero-order chi connectivity index (χ0) is 8.55. The molecule has 0 aromatic heterocycles. The van der Waals surface area contributed by atoms with E-state index < -0.39 is 10.3 Å². The summed E-state index contributed by atoms with van der Waals surface area (Å²) in [7, 11) is -2.22. The van der Waals surface area contributed by atoms with Crippen molar-refractivity contribution < 1.29 is 8.42 Å². The highest BCUT2D eigenvalue weighted by atomic mass is 32.2. The maximum absolute atomic E-state index is 10.5. The quantitative estimate of drug-likeness (QED) is 0.465. The second-order valence-corrected chi connectivity index (χ2v) is 3.24. The third kappa shape index (κ3) is 1.06. The summed E-state index contributed by atoms with van der Waals surface area (Å²) in [5, 5.41) is 0. The molecule has 0 unspecified atom stereocenters. The van der Waals surface area contributed by atoms with Crippen LogP contribution in [0.2, 0.25) is 0 Å². The molecule has 0 fully saturated rings. The van der Waals surface area contributed by atoms with Gasteiger partial charge in [0.1, 0.15) is 0 Å². The molecule has 0 saturated heterocycles. The Morgan fingerprint density at radius 2 is 2.33 bits per heavy atom. The topological polar surface area (TPSA) is 62.1 Å². The third-order valence-electron chi connectivity index (χ3n) is 1.55. The molecule has 62 valence electrons. The van der Waals surface area contributed by atoms with Gasteiger partial charge < -0.3 is 4.90 Å². The van der Waals surface area contributed by atoms with E-state index in [2.05, 4.69) is 9.98 Å². The predicted molar refractivity (Wildman–Crippen MR) is 45.7 cm³/mol. The van der Waals surface area contributed by atoms with E-state index in [1.165, 1.54) is 6.21 Å². The highest BCUT2D eigenvalue weighted by Crippen LogP contribution is 2.06. The van der Waals surface area contributed by atoms with Crippen molar-refractivity contribution in [3.63, 3.8) is 0 Å². The molecule has 0 N–H and O–H groups in total. The van der Waals surface area contributed by atoms with E-state index in [9.17, 15) is 8.42 Å². The summed E-state index contributed by atoms with van der Waals surface area (Å²) in [6, 6.07) is 0. The van der Waals surface area contributed by atoms with Crippen molar-refractivity contribution >= 4 is 27.3 Å². The number of aliphatic imine (C=N–C) groups is 2. The van der Waals surface area contributed by atoms with Crippen LogP contribution in [0.5, 0.6) is 0 Å². The Kier molecular flexibility index (Phi) is 1.54. The van der Waals surface area contributed by atoms with Crippen LogP contribution < -0.4 is 0 Å². The Labute approximate surface area is 70.3 Å². The summed E-state index contributed by atoms with van der Waals surface area (Å²) >= 11 is 0. The largest absolute Gasteiger partial charge is 0.323 e. The van der Waals surface area contributed by atoms with Crippen LogP contribution in [0.3, 0.4) is 0 Å². The van der Waals surface area contributed by atoms with Crippen LogP contribution >= 0.6 is 0 Å². The summed E-state index contributed by atoms with van der Waals surface area (Å²) in [5.74, 6) is 0.580. The summed E-state index contributed by atoms with van der Waals surface area (Å²) < 4.78 is 21.0. The van der Waals surface area contributed by atoms with Gasteiger partial charge in [0.2, 0.25) is 10.3 Å². The van der Waals surface area contributed by atoms with Gasteiger partial charge in [-0.1, -0.05) is 0 Å². The van der Waals surface area contributed by atoms with E-state index in [1.54, 1.807) is 17.3 Å². The fourth-order valence-electron chi connectivity index (χ4n) is 1.00. The van der Waals surface area contributed by atoms with Gasteiger partial charge in [-0.05, 0) is 0 Å². The predicted octanol–water partition coefficient (Wildman–Crippen LogP) is -0.735. The van der Waals surface area contributed by atoms with E-state index in [0.717, 1.165) is 0 Å². The number of nitrogens with zero attached hydrogens (tertiary/aromatic N) is 3. The van der Waals surface area contributed by atoms with Gasteiger partial charge in [0.05, 0.1) is 12.8 Å². The number of rotatable bonds is 0. The van der Waals surface area contributed by atoms with Gasteiger partial charge >= 0.3 is 0 Å². The lowest BCUT2D eigenvalue weighted by Gasteiger charge is -2.12. The molecule has 0 atom stereocenters. The van der Waals surface area contributed by atoms with Crippen molar-refractivity contribution in [3.8, 4) is 0 Å². The fourth-order valence-corrected chi connectivity index (χ4v) is 1.42. The van der Waals surface area contributed by atoms with Crippen LogP contribution in [0.4, 0.5) is 0 Å². The van der Waals surface area contributed by atoms with Gasteiger partial charge in [0, 0.05) is 12.4 Å². The smallest absolute Gasteiger partial charge is 0.237 e. The summed E-state index contributed by atoms with van der Waals surface area (Å²) in [5.41, 5.74) is 0. The van der Waals surface area contributed by atoms with Crippen LogP contribution in [-0.4, -0.2) is 36.9 Å². The number of hydrogen-bond donors (Lipinski definition) is 0. The lowest BCUT2D eigenvalue weighted by Crippen LogP contribution is -2.25. The van der Waals surface area contributed by atoms with E-state index >= 15 is 0 Å². The first-order chi connectivity index (χ1) is 5.77. The molecule has 5 nitrogen and oxygen atoms in total. The minimum atomic E-state index is -2.22. The molecule has 6 heteroatoms. The Morgan fingerprint density at radius 3 is 3.00 bits per heavy atom. The molecular formula is C6H5N3O2S. The first kappa shape index (κ1) is 7.23. The first-order valence-corrected chi connectivity index (χ1v) is 4.35. The Morgan fingerprint density at radius 1 is 1.50 bits per heavy atom. The van der Waals surface area contributed by atoms with Crippen LogP contribution in [0.25, 0.3) is 0 Å². The monoisotopic (exact) mass is 183 g/mol. The third-order valence-corrected chi connectivity index (χ3v) is 2.16. The van der Waals surface area contributed by atoms with E-state index in [1.807, 2.05) is 0 Å². The zero-order valence-corrected chi connectivity index (χ0v) is 6.82. The number of hydrogen-bond acceptors (Lipinski definition) is 4. The second kappa shape index (κ2) is 2.56. The molecule has 0 aromatic carbocycles. The molecule has 2 heterocycles. The zero-order valence-electron chi connectivity index (χ0n) is 6.01. The molecule has 0 aromatic rings. The van der Waals surface area contributed by atoms with Crippen LogP contribution in [0, 0.1) is 0 Å². The van der Waals surface area contributed by atoms with Crippen molar-refractivity contribution in [1.82, 2.24) is 4.90 Å². The van der Waals surface area contributed by atoms with Gasteiger partial charge in [-0.15, -0.1) is 0 Å². The van der Waals surface area contributed by atoms with Crippen molar-refractivity contribution in [2.45, 2.75) is 0 Å². The Bertz CT molecular complexity index is 422. The molecule has 0 aliphatic carbocycles. The number of amidine groups is 1. The molecule has 2 rings (SSSR count). The van der Waals surface area contributed by atoms with Gasteiger partial charge in [-0.2, -0.15) is 8.42 Å². The highest BCUT2D eigenvalue weighted by molar-refractivity contribution is 7.73. The Balaban J connectivity index is 2.48. The van der Waals surface area contributed by atoms with Gasteiger partial charge in [-0.3, -0.25) is 4.99 Å². The minimum Gasteiger partial charge on any atom is -0.323 e. The van der Waals surface area contributed by atoms with Crippen LogP contribution in [-0.2, 0) is 10.3 Å². The maximum Gasteiger partial charge on any atom is 0.237 e. The molecule has 2 aliphatic heterocycles. The van der Waals surface area contributed by atoms with Crippen LogP contribution in [0.15, 0.2) is 22.4 Å². The lowest BCUT2D eigenvalue weighted by molar-refractivity contribution is 0.625. The standard InChI is InChI=1S/C6H5N3O2S/c10-12(11)6-4-9-2-1-7-3-5(9)8-6/h1-3H,4H2. The van der Waals surface area contributed by atoms with Gasteiger partial charge in [-0.25, -0.2) is 4.99 Å². The van der Waals surface area contributed by atoms with Crippen molar-refractivity contribution in [2.24, 2.45) is 9.98 Å². The fraction of sp³-hybridized carbons (Fsp3) is 0.167. The molecular weight excluding hydrogens is 178 g/mol. The molecule has 12 heavy (non-hydrogen) atoms. The molecule has 0 spiro atoms. The normalized spacial score (nSPS) is 19.5. The highest BCUT2D eigenvalue weighted by Gasteiger charge is 2.20. The molecule has 0 bridgehead atoms. The summed E-state index contributed by atoms with van der Waals surface area (Å²) in [6.07, 6.45) is 4.81.